The predicted octanol–water partition coefficient (Wildman–Crippen LogP) is 3.56. The molecule has 1 unspecified atom stereocenters. The van der Waals surface area contributed by atoms with Crippen molar-refractivity contribution < 1.29 is 9.53 Å². The van der Waals surface area contributed by atoms with Crippen LogP contribution in [0.25, 0.3) is 0 Å². The smallest absolute Gasteiger partial charge is 0.172 e. The first kappa shape index (κ1) is 14.8. The first-order valence-corrected chi connectivity index (χ1v) is 6.82. The van der Waals surface area contributed by atoms with Gasteiger partial charge in [-0.1, -0.05) is 28.4 Å². The SMILES string of the molecule is CCn1nnc(C=O)c1C(C)Oc1ccc(Cl)cc1Cl. The summed E-state index contributed by atoms with van der Waals surface area (Å²) in [6.07, 6.45) is 0.251. The Balaban J connectivity index is 2.30. The Hall–Kier alpha value is -1.59. The molecule has 5 nitrogen and oxygen atoms in total. The Bertz CT molecular complexity index is 628. The third-order valence-electron chi connectivity index (χ3n) is 2.79. The van der Waals surface area contributed by atoms with Crippen molar-refractivity contribution in [3.05, 3.63) is 39.6 Å². The van der Waals surface area contributed by atoms with Crippen LogP contribution in [0.3, 0.4) is 0 Å². The van der Waals surface area contributed by atoms with Crippen LogP contribution in [0.4, 0.5) is 0 Å². The minimum absolute atomic E-state index is 0.268. The number of halogens is 2. The molecule has 1 aromatic heterocycles. The van der Waals surface area contributed by atoms with Gasteiger partial charge in [0.2, 0.25) is 0 Å². The van der Waals surface area contributed by atoms with E-state index in [0.29, 0.717) is 34.3 Å². The summed E-state index contributed by atoms with van der Waals surface area (Å²) in [5.74, 6) is 0.490. The van der Waals surface area contributed by atoms with Gasteiger partial charge in [0.25, 0.3) is 0 Å². The summed E-state index contributed by atoms with van der Waals surface area (Å²) in [5, 5.41) is 8.66. The molecule has 0 saturated heterocycles. The fourth-order valence-electron chi connectivity index (χ4n) is 1.89. The molecule has 2 aromatic rings. The first-order chi connectivity index (χ1) is 9.56. The standard InChI is InChI=1S/C13H13Cl2N3O2/c1-3-18-13(11(7-19)16-17-18)8(2)20-12-5-4-9(14)6-10(12)15/h4-8H,3H2,1-2H3. The predicted molar refractivity (Wildman–Crippen MR) is 76.6 cm³/mol. The second-order valence-corrected chi connectivity index (χ2v) is 4.97. The molecule has 2 rings (SSSR count). The minimum atomic E-state index is -0.413. The lowest BCUT2D eigenvalue weighted by Gasteiger charge is -2.16. The van der Waals surface area contributed by atoms with Crippen LogP contribution in [0, 0.1) is 0 Å². The number of nitrogens with zero attached hydrogens (tertiary/aromatic N) is 3. The monoisotopic (exact) mass is 313 g/mol. The Kier molecular flexibility index (Phi) is 4.62. The van der Waals surface area contributed by atoms with Gasteiger partial charge in [-0.25, -0.2) is 4.68 Å². The van der Waals surface area contributed by atoms with E-state index < -0.39 is 6.10 Å². The number of aldehydes is 1. The molecule has 0 amide bonds. The molecule has 7 heteroatoms. The number of hydrogen-bond donors (Lipinski definition) is 0. The number of hydrogen-bond acceptors (Lipinski definition) is 4. The summed E-state index contributed by atoms with van der Waals surface area (Å²) in [6.45, 7) is 4.32. The van der Waals surface area contributed by atoms with E-state index in [4.69, 9.17) is 27.9 Å². The lowest BCUT2D eigenvalue weighted by Crippen LogP contribution is -2.13. The molecule has 0 fully saturated rings. The lowest BCUT2D eigenvalue weighted by atomic mass is 10.2. The summed E-state index contributed by atoms with van der Waals surface area (Å²) in [7, 11) is 0. The third kappa shape index (κ3) is 2.94. The van der Waals surface area contributed by atoms with Gasteiger partial charge in [-0.15, -0.1) is 5.10 Å². The van der Waals surface area contributed by atoms with Gasteiger partial charge in [0, 0.05) is 11.6 Å². The molecule has 1 heterocycles. The fourth-order valence-corrected chi connectivity index (χ4v) is 2.34. The highest BCUT2D eigenvalue weighted by Crippen LogP contribution is 2.31. The Morgan fingerprint density at radius 3 is 2.80 bits per heavy atom. The van der Waals surface area contributed by atoms with Crippen molar-refractivity contribution in [3.63, 3.8) is 0 Å². The first-order valence-electron chi connectivity index (χ1n) is 6.07. The van der Waals surface area contributed by atoms with Gasteiger partial charge >= 0.3 is 0 Å². The molecule has 20 heavy (non-hydrogen) atoms. The van der Waals surface area contributed by atoms with Crippen LogP contribution >= 0.6 is 23.2 Å². The summed E-state index contributed by atoms with van der Waals surface area (Å²) >= 11 is 11.9. The molecule has 0 spiro atoms. The lowest BCUT2D eigenvalue weighted by molar-refractivity contribution is 0.111. The Morgan fingerprint density at radius 2 is 2.20 bits per heavy atom. The van der Waals surface area contributed by atoms with Crippen LogP contribution in [-0.2, 0) is 6.54 Å². The van der Waals surface area contributed by atoms with Gasteiger partial charge in [0.1, 0.15) is 17.5 Å². The highest BCUT2D eigenvalue weighted by molar-refractivity contribution is 6.35. The van der Waals surface area contributed by atoms with Gasteiger partial charge in [-0.2, -0.15) is 0 Å². The quantitative estimate of drug-likeness (QED) is 0.792. The van der Waals surface area contributed by atoms with Crippen molar-refractivity contribution >= 4 is 29.5 Å². The number of aromatic nitrogens is 3. The minimum Gasteiger partial charge on any atom is -0.483 e. The third-order valence-corrected chi connectivity index (χ3v) is 3.33. The maximum absolute atomic E-state index is 11.0. The van der Waals surface area contributed by atoms with Gasteiger partial charge in [0.15, 0.2) is 12.0 Å². The van der Waals surface area contributed by atoms with E-state index in [1.807, 2.05) is 13.8 Å². The second-order valence-electron chi connectivity index (χ2n) is 4.13. The molecule has 0 saturated carbocycles. The van der Waals surface area contributed by atoms with E-state index in [1.54, 1.807) is 22.9 Å². The zero-order chi connectivity index (χ0) is 14.7. The molecule has 0 radical (unpaired) electrons. The largest absolute Gasteiger partial charge is 0.483 e. The van der Waals surface area contributed by atoms with Crippen LogP contribution in [0.2, 0.25) is 10.0 Å². The number of carbonyl (C=O) groups is 1. The average Bonchev–Trinajstić information content (AvgIpc) is 2.84. The molecule has 0 bridgehead atoms. The molecule has 1 atom stereocenters. The van der Waals surface area contributed by atoms with Crippen molar-refractivity contribution in [2.75, 3.05) is 0 Å². The zero-order valence-electron chi connectivity index (χ0n) is 11.0. The zero-order valence-corrected chi connectivity index (χ0v) is 12.5. The number of rotatable bonds is 5. The summed E-state index contributed by atoms with van der Waals surface area (Å²) in [6, 6.07) is 4.97. The van der Waals surface area contributed by atoms with Crippen molar-refractivity contribution in [3.8, 4) is 5.75 Å². The molecule has 0 aliphatic heterocycles. The maximum Gasteiger partial charge on any atom is 0.172 e. The Morgan fingerprint density at radius 1 is 1.45 bits per heavy atom. The molecule has 0 aliphatic carbocycles. The second kappa shape index (κ2) is 6.24. The number of aryl methyl sites for hydroxylation is 1. The van der Waals surface area contributed by atoms with E-state index in [1.165, 1.54) is 0 Å². The normalized spacial score (nSPS) is 12.2. The summed E-state index contributed by atoms with van der Waals surface area (Å²) < 4.78 is 7.40. The molecular formula is C13H13Cl2N3O2. The van der Waals surface area contributed by atoms with E-state index in [9.17, 15) is 4.79 Å². The summed E-state index contributed by atoms with van der Waals surface area (Å²) in [4.78, 5) is 11.0. The van der Waals surface area contributed by atoms with E-state index in [-0.39, 0.29) is 5.69 Å². The van der Waals surface area contributed by atoms with Crippen LogP contribution in [-0.4, -0.2) is 21.3 Å². The Labute approximate surface area is 126 Å². The maximum atomic E-state index is 11.0. The molecule has 106 valence electrons. The van der Waals surface area contributed by atoms with Gasteiger partial charge in [-0.05, 0) is 32.0 Å². The van der Waals surface area contributed by atoms with Gasteiger partial charge in [0.05, 0.1) is 5.02 Å². The van der Waals surface area contributed by atoms with Crippen LogP contribution in [0.1, 0.15) is 36.1 Å². The van der Waals surface area contributed by atoms with E-state index in [2.05, 4.69) is 10.3 Å². The molecule has 0 aliphatic rings. The number of ether oxygens (including phenoxy) is 1. The number of carbonyl (C=O) groups excluding carboxylic acids is 1. The van der Waals surface area contributed by atoms with Gasteiger partial charge in [-0.3, -0.25) is 4.79 Å². The van der Waals surface area contributed by atoms with Crippen LogP contribution in [0.5, 0.6) is 5.75 Å². The van der Waals surface area contributed by atoms with Crippen molar-refractivity contribution in [1.29, 1.82) is 0 Å². The topological polar surface area (TPSA) is 57.0 Å². The van der Waals surface area contributed by atoms with Crippen LogP contribution in [0.15, 0.2) is 18.2 Å². The van der Waals surface area contributed by atoms with Crippen LogP contribution < -0.4 is 4.74 Å². The van der Waals surface area contributed by atoms with Crippen molar-refractivity contribution in [1.82, 2.24) is 15.0 Å². The highest BCUT2D eigenvalue weighted by Gasteiger charge is 2.20. The van der Waals surface area contributed by atoms with Gasteiger partial charge < -0.3 is 4.74 Å². The fraction of sp³-hybridized carbons (Fsp3) is 0.308. The number of benzene rings is 1. The molecular weight excluding hydrogens is 301 g/mol. The van der Waals surface area contributed by atoms with Crippen molar-refractivity contribution in [2.45, 2.75) is 26.5 Å². The van der Waals surface area contributed by atoms with E-state index in [0.717, 1.165) is 0 Å². The average molecular weight is 314 g/mol. The van der Waals surface area contributed by atoms with Crippen molar-refractivity contribution in [2.24, 2.45) is 0 Å². The highest BCUT2D eigenvalue weighted by atomic mass is 35.5. The van der Waals surface area contributed by atoms with E-state index >= 15 is 0 Å². The molecule has 1 aromatic carbocycles. The summed E-state index contributed by atoms with van der Waals surface area (Å²) in [5.41, 5.74) is 0.887. The molecule has 0 N–H and O–H groups in total.